The number of ether oxygens (including phenoxy) is 2. The molecule has 3 aromatic carbocycles. The van der Waals surface area contributed by atoms with E-state index in [1.807, 2.05) is 23.1 Å². The van der Waals surface area contributed by atoms with Crippen LogP contribution in [0, 0.1) is 6.92 Å². The summed E-state index contributed by atoms with van der Waals surface area (Å²) in [5.74, 6) is 1.51. The molecule has 35 heavy (non-hydrogen) atoms. The number of hydrogen-bond donors (Lipinski definition) is 1. The lowest BCUT2D eigenvalue weighted by atomic mass is 10.0. The number of urea groups is 1. The summed E-state index contributed by atoms with van der Waals surface area (Å²) in [7, 11) is 0. The lowest BCUT2D eigenvalue weighted by Crippen LogP contribution is -2.50. The smallest absolute Gasteiger partial charge is 0.318 e. The highest BCUT2D eigenvalue weighted by Crippen LogP contribution is 2.33. The van der Waals surface area contributed by atoms with Gasteiger partial charge in [-0.25, -0.2) is 4.79 Å². The summed E-state index contributed by atoms with van der Waals surface area (Å²) in [6.07, 6.45) is 1.91. The first-order valence-electron chi connectivity index (χ1n) is 12.4. The molecule has 0 radical (unpaired) electrons. The first-order valence-corrected chi connectivity index (χ1v) is 12.4. The van der Waals surface area contributed by atoms with Crippen LogP contribution < -0.4 is 14.8 Å². The molecule has 1 saturated heterocycles. The Balaban J connectivity index is 1.26. The molecular weight excluding hydrogens is 438 g/mol. The molecule has 6 heteroatoms. The zero-order chi connectivity index (χ0) is 24.0. The second-order valence-electron chi connectivity index (χ2n) is 9.45. The van der Waals surface area contributed by atoms with Gasteiger partial charge in [0, 0.05) is 38.8 Å². The summed E-state index contributed by atoms with van der Waals surface area (Å²) < 4.78 is 11.0. The van der Waals surface area contributed by atoms with E-state index in [9.17, 15) is 4.79 Å². The van der Waals surface area contributed by atoms with Crippen molar-refractivity contribution in [2.24, 2.45) is 0 Å². The van der Waals surface area contributed by atoms with Crippen molar-refractivity contribution in [3.8, 4) is 11.5 Å². The Morgan fingerprint density at radius 2 is 1.63 bits per heavy atom. The Morgan fingerprint density at radius 3 is 2.40 bits per heavy atom. The Labute approximate surface area is 207 Å². The average Bonchev–Trinajstić information content (AvgIpc) is 3.36. The van der Waals surface area contributed by atoms with Crippen molar-refractivity contribution in [2.75, 3.05) is 19.9 Å². The molecule has 5 rings (SSSR count). The predicted molar refractivity (Wildman–Crippen MR) is 136 cm³/mol. The number of nitrogens with zero attached hydrogens (tertiary/aromatic N) is 2. The minimum Gasteiger partial charge on any atom is -0.454 e. The molecule has 1 fully saturated rings. The minimum absolute atomic E-state index is 0.0234. The van der Waals surface area contributed by atoms with Gasteiger partial charge in [0.15, 0.2) is 11.5 Å². The summed E-state index contributed by atoms with van der Waals surface area (Å²) in [4.78, 5) is 17.9. The van der Waals surface area contributed by atoms with Crippen molar-refractivity contribution in [3.63, 3.8) is 0 Å². The summed E-state index contributed by atoms with van der Waals surface area (Å²) in [5.41, 5.74) is 4.70. The molecule has 0 aromatic heterocycles. The van der Waals surface area contributed by atoms with Crippen molar-refractivity contribution in [2.45, 2.75) is 45.4 Å². The van der Waals surface area contributed by atoms with Crippen LogP contribution in [0.1, 0.15) is 35.1 Å². The molecule has 3 aromatic rings. The van der Waals surface area contributed by atoms with Gasteiger partial charge in [0.25, 0.3) is 0 Å². The van der Waals surface area contributed by atoms with Crippen LogP contribution in [-0.2, 0) is 19.6 Å². The largest absolute Gasteiger partial charge is 0.454 e. The standard InChI is InChI=1S/C29H33N3O3/c1-22-7-9-23(10-8-22)18-30-29(33)32(20-25-11-12-27-28(17-25)35-21-34-27)26-13-15-31(16-14-26)19-24-5-3-2-4-6-24/h2-12,17,26H,13-16,18-21H2,1H3,(H,30,33). The Bertz CT molecular complexity index is 1130. The maximum Gasteiger partial charge on any atom is 0.318 e. The third-order valence-electron chi connectivity index (χ3n) is 6.86. The van der Waals surface area contributed by atoms with Crippen LogP contribution in [0.4, 0.5) is 4.79 Å². The fraction of sp³-hybridized carbons (Fsp3) is 0.345. The predicted octanol–water partition coefficient (Wildman–Crippen LogP) is 5.10. The number of nitrogens with one attached hydrogen (secondary N) is 1. The second-order valence-corrected chi connectivity index (χ2v) is 9.45. The van der Waals surface area contributed by atoms with Gasteiger partial charge in [0.1, 0.15) is 0 Å². The third-order valence-corrected chi connectivity index (χ3v) is 6.86. The molecule has 1 N–H and O–H groups in total. The molecule has 6 nitrogen and oxygen atoms in total. The topological polar surface area (TPSA) is 54.0 Å². The van der Waals surface area contributed by atoms with Gasteiger partial charge in [-0.2, -0.15) is 0 Å². The van der Waals surface area contributed by atoms with Crippen molar-refractivity contribution in [1.82, 2.24) is 15.1 Å². The molecule has 2 aliphatic heterocycles. The summed E-state index contributed by atoms with van der Waals surface area (Å²) in [6.45, 7) is 6.28. The van der Waals surface area contributed by atoms with Crippen molar-refractivity contribution < 1.29 is 14.3 Å². The van der Waals surface area contributed by atoms with Gasteiger partial charge in [0.2, 0.25) is 6.79 Å². The Hall–Kier alpha value is -3.51. The van der Waals surface area contributed by atoms with Crippen LogP contribution >= 0.6 is 0 Å². The SMILES string of the molecule is Cc1ccc(CNC(=O)N(Cc2ccc3c(c2)OCO3)C2CCN(Cc3ccccc3)CC2)cc1. The number of carbonyl (C=O) groups is 1. The van der Waals surface area contributed by atoms with Gasteiger partial charge in [-0.3, -0.25) is 4.90 Å². The maximum absolute atomic E-state index is 13.4. The first-order chi connectivity index (χ1) is 17.1. The van der Waals surface area contributed by atoms with Gasteiger partial charge in [-0.1, -0.05) is 66.2 Å². The highest BCUT2D eigenvalue weighted by atomic mass is 16.7. The first kappa shape index (κ1) is 23.2. The summed E-state index contributed by atoms with van der Waals surface area (Å²) in [5, 5.41) is 3.16. The monoisotopic (exact) mass is 471 g/mol. The fourth-order valence-electron chi connectivity index (χ4n) is 4.82. The number of carbonyl (C=O) groups excluding carboxylic acids is 1. The third kappa shape index (κ3) is 5.95. The molecular formula is C29H33N3O3. The van der Waals surface area contributed by atoms with Crippen LogP contribution in [0.15, 0.2) is 72.8 Å². The lowest BCUT2D eigenvalue weighted by molar-refractivity contribution is 0.113. The number of likely N-dealkylation sites (tertiary alicyclic amines) is 1. The van der Waals surface area contributed by atoms with Gasteiger partial charge < -0.3 is 19.7 Å². The van der Waals surface area contributed by atoms with Gasteiger partial charge in [-0.05, 0) is 48.6 Å². The lowest BCUT2D eigenvalue weighted by Gasteiger charge is -2.38. The molecule has 0 bridgehead atoms. The van der Waals surface area contributed by atoms with Crippen LogP contribution in [0.25, 0.3) is 0 Å². The van der Waals surface area contributed by atoms with E-state index >= 15 is 0 Å². The molecule has 0 spiro atoms. The number of amides is 2. The van der Waals surface area contributed by atoms with E-state index in [0.29, 0.717) is 13.1 Å². The molecule has 2 aliphatic rings. The number of fused-ring (bicyclic) bond motifs is 1. The van der Waals surface area contributed by atoms with E-state index in [1.54, 1.807) is 0 Å². The van der Waals surface area contributed by atoms with E-state index in [-0.39, 0.29) is 18.9 Å². The summed E-state index contributed by atoms with van der Waals surface area (Å²) in [6, 6.07) is 25.0. The van der Waals surface area contributed by atoms with Gasteiger partial charge in [-0.15, -0.1) is 0 Å². The second kappa shape index (κ2) is 10.8. The number of rotatable bonds is 7. The molecule has 0 unspecified atom stereocenters. The molecule has 2 amide bonds. The molecule has 0 saturated carbocycles. The zero-order valence-electron chi connectivity index (χ0n) is 20.3. The van der Waals surface area contributed by atoms with Gasteiger partial charge >= 0.3 is 6.03 Å². The molecule has 182 valence electrons. The highest BCUT2D eigenvalue weighted by molar-refractivity contribution is 5.74. The quantitative estimate of drug-likeness (QED) is 0.521. The molecule has 0 aliphatic carbocycles. The zero-order valence-corrected chi connectivity index (χ0v) is 20.3. The van der Waals surface area contributed by atoms with Crippen LogP contribution in [0.5, 0.6) is 11.5 Å². The highest BCUT2D eigenvalue weighted by Gasteiger charge is 2.28. The van der Waals surface area contributed by atoms with Gasteiger partial charge in [0.05, 0.1) is 0 Å². The van der Waals surface area contributed by atoms with E-state index in [1.165, 1.54) is 11.1 Å². The Morgan fingerprint density at radius 1 is 0.914 bits per heavy atom. The molecule has 2 heterocycles. The summed E-state index contributed by atoms with van der Waals surface area (Å²) >= 11 is 0. The normalized spacial score (nSPS) is 15.7. The van der Waals surface area contributed by atoms with Crippen LogP contribution in [0.2, 0.25) is 0 Å². The van der Waals surface area contributed by atoms with Crippen LogP contribution in [0.3, 0.4) is 0 Å². The van der Waals surface area contributed by atoms with Crippen molar-refractivity contribution in [3.05, 3.63) is 95.1 Å². The van der Waals surface area contributed by atoms with E-state index in [0.717, 1.165) is 55.1 Å². The van der Waals surface area contributed by atoms with Crippen molar-refractivity contribution in [1.29, 1.82) is 0 Å². The average molecular weight is 472 g/mol. The number of benzene rings is 3. The number of piperidine rings is 1. The number of hydrogen-bond acceptors (Lipinski definition) is 4. The van der Waals surface area contributed by atoms with Crippen LogP contribution in [-0.4, -0.2) is 41.8 Å². The minimum atomic E-state index is -0.0234. The van der Waals surface area contributed by atoms with E-state index in [4.69, 9.17) is 9.47 Å². The number of aryl methyl sites for hydroxylation is 1. The molecule has 0 atom stereocenters. The van der Waals surface area contributed by atoms with E-state index < -0.39 is 0 Å². The van der Waals surface area contributed by atoms with E-state index in [2.05, 4.69) is 71.7 Å². The van der Waals surface area contributed by atoms with Crippen molar-refractivity contribution >= 4 is 6.03 Å². The maximum atomic E-state index is 13.4. The fourth-order valence-corrected chi connectivity index (χ4v) is 4.82. The Kier molecular flexibility index (Phi) is 7.19.